The first-order valence-electron chi connectivity index (χ1n) is 6.79. The molecule has 1 fully saturated rings. The van der Waals surface area contributed by atoms with Gasteiger partial charge < -0.3 is 9.73 Å². The smallest absolute Gasteiger partial charge is 0.208 e. The van der Waals surface area contributed by atoms with E-state index in [-0.39, 0.29) is 5.41 Å². The van der Waals surface area contributed by atoms with Crippen molar-refractivity contribution < 1.29 is 4.42 Å². The number of hydrogen-bond donors (Lipinski definition) is 1. The molecule has 0 spiro atoms. The number of aromatic nitrogens is 1. The number of nitrogens with zero attached hydrogens (tertiary/aromatic N) is 2. The van der Waals surface area contributed by atoms with Gasteiger partial charge in [-0.05, 0) is 13.8 Å². The second-order valence-corrected chi connectivity index (χ2v) is 6.40. The summed E-state index contributed by atoms with van der Waals surface area (Å²) in [5.74, 6) is 1.80. The summed E-state index contributed by atoms with van der Waals surface area (Å²) < 4.78 is 5.87. The molecule has 1 aliphatic rings. The summed E-state index contributed by atoms with van der Waals surface area (Å²) in [5.41, 5.74) is 0.0337. The van der Waals surface area contributed by atoms with Gasteiger partial charge in [-0.1, -0.05) is 20.8 Å². The van der Waals surface area contributed by atoms with Crippen LogP contribution in [0.5, 0.6) is 0 Å². The maximum absolute atomic E-state index is 5.87. The molecule has 1 aliphatic heterocycles. The third-order valence-corrected chi connectivity index (χ3v) is 3.62. The highest BCUT2D eigenvalue weighted by Crippen LogP contribution is 2.24. The molecule has 0 amide bonds. The van der Waals surface area contributed by atoms with Crippen LogP contribution in [0.1, 0.15) is 46.3 Å². The minimum absolute atomic E-state index is 0.0337. The summed E-state index contributed by atoms with van der Waals surface area (Å²) in [6, 6.07) is 1.05. The average Bonchev–Trinajstić information content (AvgIpc) is 2.72. The van der Waals surface area contributed by atoms with Crippen LogP contribution in [-0.2, 0) is 12.0 Å². The van der Waals surface area contributed by atoms with Gasteiger partial charge in [-0.3, -0.25) is 4.90 Å². The van der Waals surface area contributed by atoms with Crippen LogP contribution >= 0.6 is 0 Å². The number of oxazole rings is 1. The number of nitrogens with one attached hydrogen (secondary N) is 1. The van der Waals surface area contributed by atoms with E-state index in [0.717, 1.165) is 31.3 Å². The lowest BCUT2D eigenvalue weighted by Crippen LogP contribution is -2.54. The van der Waals surface area contributed by atoms with Crippen LogP contribution in [0.2, 0.25) is 0 Å². The van der Waals surface area contributed by atoms with Crippen molar-refractivity contribution in [3.8, 4) is 0 Å². The molecular weight excluding hydrogens is 226 g/mol. The van der Waals surface area contributed by atoms with Crippen molar-refractivity contribution in [3.63, 3.8) is 0 Å². The third kappa shape index (κ3) is 2.93. The summed E-state index contributed by atoms with van der Waals surface area (Å²) in [6.45, 7) is 13.8. The number of piperazine rings is 1. The molecule has 1 saturated heterocycles. The summed E-state index contributed by atoms with van der Waals surface area (Å²) in [5, 5.41) is 3.44. The molecule has 1 aromatic rings. The Hall–Kier alpha value is -0.870. The molecule has 4 nitrogen and oxygen atoms in total. The van der Waals surface area contributed by atoms with E-state index < -0.39 is 0 Å². The highest BCUT2D eigenvalue weighted by molar-refractivity contribution is 5.06. The monoisotopic (exact) mass is 251 g/mol. The second kappa shape index (κ2) is 5.02. The second-order valence-electron chi connectivity index (χ2n) is 6.40. The SMILES string of the molecule is CC1CNCC(C)N1Cc1ncc(C(C)(C)C)o1. The molecule has 2 unspecified atom stereocenters. The third-order valence-electron chi connectivity index (χ3n) is 3.62. The summed E-state index contributed by atoms with van der Waals surface area (Å²) >= 11 is 0. The highest BCUT2D eigenvalue weighted by Gasteiger charge is 2.26. The van der Waals surface area contributed by atoms with Gasteiger partial charge in [-0.25, -0.2) is 4.98 Å². The first-order valence-corrected chi connectivity index (χ1v) is 6.79. The molecule has 1 N–H and O–H groups in total. The fourth-order valence-electron chi connectivity index (χ4n) is 2.37. The molecule has 102 valence electrons. The van der Waals surface area contributed by atoms with Crippen molar-refractivity contribution in [2.75, 3.05) is 13.1 Å². The topological polar surface area (TPSA) is 41.3 Å². The Morgan fingerprint density at radius 1 is 1.33 bits per heavy atom. The zero-order chi connectivity index (χ0) is 13.3. The lowest BCUT2D eigenvalue weighted by molar-refractivity contribution is 0.0966. The standard InChI is InChI=1S/C14H25N3O/c1-10-6-15-7-11(2)17(10)9-13-16-8-12(18-13)14(3,4)5/h8,10-11,15H,6-7,9H2,1-5H3. The highest BCUT2D eigenvalue weighted by atomic mass is 16.4. The summed E-state index contributed by atoms with van der Waals surface area (Å²) in [4.78, 5) is 6.87. The van der Waals surface area contributed by atoms with Crippen molar-refractivity contribution in [2.24, 2.45) is 0 Å². The van der Waals surface area contributed by atoms with Crippen LogP contribution in [0.25, 0.3) is 0 Å². The molecule has 0 aliphatic carbocycles. The average molecular weight is 251 g/mol. The van der Waals surface area contributed by atoms with Crippen LogP contribution in [0.4, 0.5) is 0 Å². The zero-order valence-electron chi connectivity index (χ0n) is 12.2. The van der Waals surface area contributed by atoms with Gasteiger partial charge in [0.25, 0.3) is 0 Å². The summed E-state index contributed by atoms with van der Waals surface area (Å²) in [6.07, 6.45) is 1.87. The zero-order valence-corrected chi connectivity index (χ0v) is 12.2. The minimum atomic E-state index is 0.0337. The quantitative estimate of drug-likeness (QED) is 0.874. The Balaban J connectivity index is 2.06. The first-order chi connectivity index (χ1) is 8.38. The molecule has 1 aromatic heterocycles. The Kier molecular flexibility index (Phi) is 3.78. The van der Waals surface area contributed by atoms with Crippen LogP contribution in [0.15, 0.2) is 10.6 Å². The molecule has 2 heterocycles. The Morgan fingerprint density at radius 2 is 1.94 bits per heavy atom. The first kappa shape index (κ1) is 13.6. The van der Waals surface area contributed by atoms with Crippen LogP contribution in [0.3, 0.4) is 0 Å². The molecular formula is C14H25N3O. The van der Waals surface area contributed by atoms with Crippen molar-refractivity contribution in [2.45, 2.75) is 58.7 Å². The predicted molar refractivity (Wildman–Crippen MR) is 72.5 cm³/mol. The van der Waals surface area contributed by atoms with E-state index in [1.807, 2.05) is 6.20 Å². The lowest BCUT2D eigenvalue weighted by atomic mass is 9.94. The molecule has 0 aromatic carbocycles. The van der Waals surface area contributed by atoms with Crippen molar-refractivity contribution in [1.29, 1.82) is 0 Å². The van der Waals surface area contributed by atoms with Gasteiger partial charge in [0.05, 0.1) is 12.7 Å². The van der Waals surface area contributed by atoms with E-state index in [2.05, 4.69) is 49.8 Å². The molecule has 2 rings (SSSR count). The molecule has 0 radical (unpaired) electrons. The van der Waals surface area contributed by atoms with Gasteiger partial charge in [0.2, 0.25) is 5.89 Å². The van der Waals surface area contributed by atoms with Crippen molar-refractivity contribution >= 4 is 0 Å². The van der Waals surface area contributed by atoms with Crippen molar-refractivity contribution in [3.05, 3.63) is 17.8 Å². The largest absolute Gasteiger partial charge is 0.444 e. The molecule has 2 atom stereocenters. The van der Waals surface area contributed by atoms with E-state index in [4.69, 9.17) is 4.42 Å². The van der Waals surface area contributed by atoms with Gasteiger partial charge in [0, 0.05) is 30.6 Å². The molecule has 4 heteroatoms. The Labute approximate surface area is 110 Å². The number of hydrogen-bond acceptors (Lipinski definition) is 4. The predicted octanol–water partition coefficient (Wildman–Crippen LogP) is 2.15. The maximum Gasteiger partial charge on any atom is 0.208 e. The minimum Gasteiger partial charge on any atom is -0.444 e. The Bertz CT molecular complexity index is 384. The molecule has 18 heavy (non-hydrogen) atoms. The van der Waals surface area contributed by atoms with Crippen molar-refractivity contribution in [1.82, 2.24) is 15.2 Å². The fraction of sp³-hybridized carbons (Fsp3) is 0.786. The van der Waals surface area contributed by atoms with E-state index in [1.165, 1.54) is 0 Å². The van der Waals surface area contributed by atoms with Crippen LogP contribution in [0, 0.1) is 0 Å². The van der Waals surface area contributed by atoms with Gasteiger partial charge in [0.15, 0.2) is 0 Å². The van der Waals surface area contributed by atoms with E-state index in [9.17, 15) is 0 Å². The fourth-order valence-corrected chi connectivity index (χ4v) is 2.37. The lowest BCUT2D eigenvalue weighted by Gasteiger charge is -2.38. The molecule has 0 bridgehead atoms. The van der Waals surface area contributed by atoms with E-state index >= 15 is 0 Å². The molecule has 0 saturated carbocycles. The number of rotatable bonds is 2. The van der Waals surface area contributed by atoms with Crippen LogP contribution in [-0.4, -0.2) is 35.1 Å². The van der Waals surface area contributed by atoms with Gasteiger partial charge >= 0.3 is 0 Å². The van der Waals surface area contributed by atoms with Gasteiger partial charge in [0.1, 0.15) is 5.76 Å². The maximum atomic E-state index is 5.87. The van der Waals surface area contributed by atoms with E-state index in [0.29, 0.717) is 12.1 Å². The van der Waals surface area contributed by atoms with Gasteiger partial charge in [-0.15, -0.1) is 0 Å². The van der Waals surface area contributed by atoms with E-state index in [1.54, 1.807) is 0 Å². The van der Waals surface area contributed by atoms with Gasteiger partial charge in [-0.2, -0.15) is 0 Å². The summed E-state index contributed by atoms with van der Waals surface area (Å²) in [7, 11) is 0. The Morgan fingerprint density at radius 3 is 2.44 bits per heavy atom. The normalized spacial score (nSPS) is 26.5. The van der Waals surface area contributed by atoms with Crippen LogP contribution < -0.4 is 5.32 Å².